The van der Waals surface area contributed by atoms with Gasteiger partial charge in [-0.15, -0.1) is 0 Å². The van der Waals surface area contributed by atoms with Crippen LogP contribution in [0.5, 0.6) is 0 Å². The molecule has 1 amide bonds. The summed E-state index contributed by atoms with van der Waals surface area (Å²) in [5.41, 5.74) is 5.06. The molecule has 0 saturated carbocycles. The van der Waals surface area contributed by atoms with Crippen LogP contribution in [0, 0.1) is 12.8 Å². The minimum atomic E-state index is -3.97. The number of sulfonamides is 1. The maximum atomic E-state index is 13.5. The standard InChI is InChI=1S/C39H40Cl2N4O6S/c1-25-8-18-32(19-9-25)52(48,49)44-33(20-27-6-4-3-5-7-27)38(47)42-21-28-10-16-31(17-11-28)39-50-34(22-45-24-43-36(40)37(45)41)26(2)35(51-39)30-14-12-29(23-46)13-15-30/h3-19,24,26,33-35,39,44,46H,20-23H2,1-2H3,(H,42,47). The van der Waals surface area contributed by atoms with E-state index in [0.717, 1.165) is 33.4 Å². The van der Waals surface area contributed by atoms with E-state index in [0.29, 0.717) is 11.7 Å². The summed E-state index contributed by atoms with van der Waals surface area (Å²) in [4.78, 5) is 17.7. The minimum absolute atomic E-state index is 0.0564. The first-order chi connectivity index (χ1) is 25.0. The second kappa shape index (κ2) is 16.7. The van der Waals surface area contributed by atoms with E-state index in [4.69, 9.17) is 32.7 Å². The number of rotatable bonds is 13. The molecule has 1 aliphatic heterocycles. The van der Waals surface area contributed by atoms with Crippen molar-refractivity contribution in [2.45, 2.75) is 69.4 Å². The molecule has 1 aromatic heterocycles. The van der Waals surface area contributed by atoms with Crippen LogP contribution in [0.1, 0.15) is 52.7 Å². The van der Waals surface area contributed by atoms with Crippen LogP contribution in [0.3, 0.4) is 0 Å². The average molecular weight is 764 g/mol. The number of nitrogens with one attached hydrogen (secondary N) is 2. The Balaban J connectivity index is 1.17. The third kappa shape index (κ3) is 9.10. The first-order valence-corrected chi connectivity index (χ1v) is 19.1. The fraction of sp³-hybridized carbons (Fsp3) is 0.282. The molecule has 13 heteroatoms. The van der Waals surface area contributed by atoms with E-state index in [2.05, 4.69) is 21.9 Å². The van der Waals surface area contributed by atoms with Crippen molar-refractivity contribution in [3.63, 3.8) is 0 Å². The molecule has 0 aliphatic carbocycles. The normalized spacial score (nSPS) is 19.6. The SMILES string of the molecule is Cc1ccc(S(=O)(=O)NC(Cc2ccccc2)C(=O)NCc2ccc(C3OC(Cn4cnc(Cl)c4Cl)C(C)C(c4ccc(CO)cc4)O3)cc2)cc1. The minimum Gasteiger partial charge on any atom is -0.392 e. The summed E-state index contributed by atoms with van der Waals surface area (Å²) in [6, 6.07) is 29.9. The van der Waals surface area contributed by atoms with Crippen LogP contribution in [-0.4, -0.2) is 41.1 Å². The van der Waals surface area contributed by atoms with E-state index in [1.807, 2.05) is 85.8 Å². The molecule has 5 atom stereocenters. The molecule has 6 rings (SSSR count). The molecule has 2 heterocycles. The lowest BCUT2D eigenvalue weighted by Gasteiger charge is -2.41. The number of aromatic nitrogens is 2. The van der Waals surface area contributed by atoms with Crippen LogP contribution in [0.4, 0.5) is 0 Å². The fourth-order valence-corrected chi connectivity index (χ4v) is 7.62. The first kappa shape index (κ1) is 37.7. The van der Waals surface area contributed by atoms with E-state index in [9.17, 15) is 18.3 Å². The number of aryl methyl sites for hydroxylation is 1. The van der Waals surface area contributed by atoms with Gasteiger partial charge in [-0.25, -0.2) is 13.4 Å². The monoisotopic (exact) mass is 762 g/mol. The first-order valence-electron chi connectivity index (χ1n) is 16.9. The van der Waals surface area contributed by atoms with Crippen LogP contribution in [-0.2, 0) is 50.4 Å². The Morgan fingerprint density at radius 1 is 0.885 bits per heavy atom. The Bertz CT molecular complexity index is 2060. The quantitative estimate of drug-likeness (QED) is 0.122. The lowest BCUT2D eigenvalue weighted by atomic mass is 9.90. The number of carbonyl (C=O) groups excluding carboxylic acids is 1. The summed E-state index contributed by atoms with van der Waals surface area (Å²) in [6.07, 6.45) is 0.368. The number of hydrogen-bond donors (Lipinski definition) is 3. The fourth-order valence-electron chi connectivity index (χ4n) is 6.11. The highest BCUT2D eigenvalue weighted by Gasteiger charge is 2.39. The maximum absolute atomic E-state index is 13.5. The predicted molar refractivity (Wildman–Crippen MR) is 199 cm³/mol. The van der Waals surface area contributed by atoms with Gasteiger partial charge in [-0.05, 0) is 47.7 Å². The largest absolute Gasteiger partial charge is 0.392 e. The summed E-state index contributed by atoms with van der Waals surface area (Å²) in [5.74, 6) is -0.539. The number of ether oxygens (including phenoxy) is 2. The molecule has 1 aliphatic rings. The van der Waals surface area contributed by atoms with Gasteiger partial charge in [0.05, 0.1) is 36.6 Å². The lowest BCUT2D eigenvalue weighted by molar-refractivity contribution is -0.276. The second-order valence-corrected chi connectivity index (χ2v) is 15.4. The van der Waals surface area contributed by atoms with Gasteiger partial charge in [-0.1, -0.05) is 127 Å². The molecule has 5 aromatic rings. The Labute approximate surface area is 313 Å². The highest BCUT2D eigenvalue weighted by Crippen LogP contribution is 2.42. The van der Waals surface area contributed by atoms with E-state index in [1.165, 1.54) is 12.1 Å². The van der Waals surface area contributed by atoms with Crippen molar-refractivity contribution >= 4 is 39.1 Å². The predicted octanol–water partition coefficient (Wildman–Crippen LogP) is 6.69. The summed E-state index contributed by atoms with van der Waals surface area (Å²) in [5, 5.41) is 13.0. The smallest absolute Gasteiger partial charge is 0.241 e. The Hall–Kier alpha value is -4.07. The van der Waals surface area contributed by atoms with Crippen LogP contribution in [0.25, 0.3) is 0 Å². The third-order valence-corrected chi connectivity index (χ3v) is 11.4. The number of aliphatic hydroxyl groups is 1. The van der Waals surface area contributed by atoms with Crippen molar-refractivity contribution in [2.24, 2.45) is 5.92 Å². The molecule has 3 N–H and O–H groups in total. The molecule has 1 fully saturated rings. The molecule has 5 unspecified atom stereocenters. The average Bonchev–Trinajstić information content (AvgIpc) is 3.47. The number of carbonyl (C=O) groups is 1. The van der Waals surface area contributed by atoms with Gasteiger partial charge in [-0.2, -0.15) is 4.72 Å². The zero-order chi connectivity index (χ0) is 36.8. The van der Waals surface area contributed by atoms with E-state index in [-0.39, 0.29) is 47.7 Å². The summed E-state index contributed by atoms with van der Waals surface area (Å²) in [7, 11) is -3.97. The third-order valence-electron chi connectivity index (χ3n) is 9.18. The van der Waals surface area contributed by atoms with Crippen LogP contribution < -0.4 is 10.0 Å². The molecule has 0 spiro atoms. The molecule has 4 aromatic carbocycles. The van der Waals surface area contributed by atoms with Gasteiger partial charge in [0.25, 0.3) is 0 Å². The Morgan fingerprint density at radius 3 is 2.17 bits per heavy atom. The van der Waals surface area contributed by atoms with Crippen LogP contribution in [0.15, 0.2) is 114 Å². The second-order valence-electron chi connectivity index (χ2n) is 12.9. The van der Waals surface area contributed by atoms with Gasteiger partial charge in [0.1, 0.15) is 11.2 Å². The van der Waals surface area contributed by atoms with Gasteiger partial charge in [-0.3, -0.25) is 4.79 Å². The van der Waals surface area contributed by atoms with Gasteiger partial charge >= 0.3 is 0 Å². The summed E-state index contributed by atoms with van der Waals surface area (Å²) in [6.45, 7) is 4.44. The molecule has 0 radical (unpaired) electrons. The Morgan fingerprint density at radius 2 is 1.54 bits per heavy atom. The number of benzene rings is 4. The zero-order valence-electron chi connectivity index (χ0n) is 28.7. The molecule has 272 valence electrons. The summed E-state index contributed by atoms with van der Waals surface area (Å²) >= 11 is 12.5. The molecule has 0 bridgehead atoms. The highest BCUT2D eigenvalue weighted by atomic mass is 35.5. The van der Waals surface area contributed by atoms with Crippen molar-refractivity contribution < 1.29 is 27.8 Å². The van der Waals surface area contributed by atoms with Crippen molar-refractivity contribution in [1.82, 2.24) is 19.6 Å². The molecular formula is C39H40Cl2N4O6S. The zero-order valence-corrected chi connectivity index (χ0v) is 31.0. The van der Waals surface area contributed by atoms with E-state index in [1.54, 1.807) is 23.0 Å². The lowest BCUT2D eigenvalue weighted by Crippen LogP contribution is -2.47. The number of aliphatic hydroxyl groups excluding tert-OH is 1. The topological polar surface area (TPSA) is 132 Å². The van der Waals surface area contributed by atoms with Crippen molar-refractivity contribution in [3.8, 4) is 0 Å². The maximum Gasteiger partial charge on any atom is 0.241 e. The van der Waals surface area contributed by atoms with Crippen LogP contribution >= 0.6 is 23.2 Å². The van der Waals surface area contributed by atoms with Gasteiger partial charge in [0.2, 0.25) is 15.9 Å². The van der Waals surface area contributed by atoms with Gasteiger partial charge in [0, 0.05) is 18.0 Å². The number of amides is 1. The van der Waals surface area contributed by atoms with E-state index < -0.39 is 28.3 Å². The molecular weight excluding hydrogens is 723 g/mol. The summed E-state index contributed by atoms with van der Waals surface area (Å²) < 4.78 is 44.0. The number of halogens is 2. The molecule has 10 nitrogen and oxygen atoms in total. The molecule has 1 saturated heterocycles. The molecule has 52 heavy (non-hydrogen) atoms. The van der Waals surface area contributed by atoms with Crippen LogP contribution in [0.2, 0.25) is 10.3 Å². The van der Waals surface area contributed by atoms with Crippen molar-refractivity contribution in [3.05, 3.63) is 153 Å². The number of imidazole rings is 1. The Kier molecular flexibility index (Phi) is 12.1. The van der Waals surface area contributed by atoms with E-state index >= 15 is 0 Å². The van der Waals surface area contributed by atoms with Crippen molar-refractivity contribution in [1.29, 1.82) is 0 Å². The highest BCUT2D eigenvalue weighted by molar-refractivity contribution is 7.89. The van der Waals surface area contributed by atoms with Gasteiger partial charge < -0.3 is 24.5 Å². The number of nitrogens with zero attached hydrogens (tertiary/aromatic N) is 2. The van der Waals surface area contributed by atoms with Crippen molar-refractivity contribution in [2.75, 3.05) is 0 Å². The van der Waals surface area contributed by atoms with Gasteiger partial charge in [0.15, 0.2) is 11.4 Å². The number of hydrogen-bond acceptors (Lipinski definition) is 7.